The number of carbonyl (C=O) groups is 1. The lowest BCUT2D eigenvalue weighted by Gasteiger charge is -2.24. The minimum absolute atomic E-state index is 0.0395. The van der Waals surface area contributed by atoms with Gasteiger partial charge in [-0.2, -0.15) is 0 Å². The second-order valence-electron chi connectivity index (χ2n) is 4.36. The van der Waals surface area contributed by atoms with Gasteiger partial charge in [0.1, 0.15) is 12.0 Å². The Morgan fingerprint density at radius 2 is 2.32 bits per heavy atom. The van der Waals surface area contributed by atoms with Crippen LogP contribution in [0.25, 0.3) is 0 Å². The summed E-state index contributed by atoms with van der Waals surface area (Å²) in [5, 5.41) is 3.05. The van der Waals surface area contributed by atoms with Gasteiger partial charge in [-0.15, -0.1) is 0 Å². The summed E-state index contributed by atoms with van der Waals surface area (Å²) in [5.41, 5.74) is 0.716. The van der Waals surface area contributed by atoms with Crippen LogP contribution in [0.4, 0.5) is 4.39 Å². The zero-order valence-corrected chi connectivity index (χ0v) is 11.6. The van der Waals surface area contributed by atoms with Gasteiger partial charge in [-0.25, -0.2) is 4.39 Å². The van der Waals surface area contributed by atoms with Gasteiger partial charge in [0.2, 0.25) is 5.91 Å². The number of rotatable bonds is 5. The number of nitrogens with one attached hydrogen (secondary N) is 1. The summed E-state index contributed by atoms with van der Waals surface area (Å²) >= 11 is 0. The van der Waals surface area contributed by atoms with Crippen molar-refractivity contribution in [3.8, 4) is 0 Å². The molecule has 1 fully saturated rings. The van der Waals surface area contributed by atoms with Crippen molar-refractivity contribution < 1.29 is 13.4 Å². The molecule has 4 nitrogen and oxygen atoms in total. The first-order valence-electron chi connectivity index (χ1n) is 6.25. The number of nitrogens with zero attached hydrogens (tertiary/aromatic N) is 1. The molecule has 0 saturated carbocycles. The number of carbonyl (C=O) groups excluding carboxylic acids is 1. The van der Waals surface area contributed by atoms with Crippen LogP contribution in [0.2, 0.25) is 0 Å². The Morgan fingerprint density at radius 1 is 1.53 bits per heavy atom. The van der Waals surface area contributed by atoms with Crippen molar-refractivity contribution in [1.82, 2.24) is 10.2 Å². The van der Waals surface area contributed by atoms with Gasteiger partial charge in [-0.3, -0.25) is 14.3 Å². The van der Waals surface area contributed by atoms with Crippen molar-refractivity contribution in [2.45, 2.75) is 13.1 Å². The van der Waals surface area contributed by atoms with E-state index in [2.05, 4.69) is 5.32 Å². The molecule has 1 N–H and O–H groups in total. The molecule has 2 unspecified atom stereocenters. The smallest absolute Gasteiger partial charge is 0.238 e. The zero-order valence-electron chi connectivity index (χ0n) is 10.8. The number of hydrogen-bond donors (Lipinski definition) is 1. The Hall–Kier alpha value is -1.27. The number of amides is 1. The molecule has 19 heavy (non-hydrogen) atoms. The fourth-order valence-corrected chi connectivity index (χ4v) is 2.80. The summed E-state index contributed by atoms with van der Waals surface area (Å²) in [6, 6.07) is 6.19. The van der Waals surface area contributed by atoms with Crippen molar-refractivity contribution in [3.63, 3.8) is 0 Å². The van der Waals surface area contributed by atoms with Crippen LogP contribution in [0.15, 0.2) is 24.3 Å². The maximum Gasteiger partial charge on any atom is 0.238 e. The van der Waals surface area contributed by atoms with E-state index in [1.165, 1.54) is 12.1 Å². The highest BCUT2D eigenvalue weighted by atomic mass is 32.2. The minimum Gasteiger partial charge on any atom is -0.321 e. The molecule has 1 aliphatic heterocycles. The normalized spacial score (nSPS) is 20.8. The first kappa shape index (κ1) is 14.1. The highest BCUT2D eigenvalue weighted by Gasteiger charge is 2.31. The number of benzene rings is 1. The largest absolute Gasteiger partial charge is 0.321 e. The van der Waals surface area contributed by atoms with Crippen molar-refractivity contribution in [3.05, 3.63) is 35.6 Å². The first-order valence-corrected chi connectivity index (χ1v) is 7.74. The van der Waals surface area contributed by atoms with E-state index < -0.39 is 10.8 Å². The van der Waals surface area contributed by atoms with E-state index in [0.29, 0.717) is 23.6 Å². The van der Waals surface area contributed by atoms with Crippen LogP contribution in [0.1, 0.15) is 18.7 Å². The van der Waals surface area contributed by atoms with E-state index in [-0.39, 0.29) is 24.4 Å². The Balaban J connectivity index is 2.11. The molecular weight excluding hydrogens is 267 g/mol. The second kappa shape index (κ2) is 6.25. The molecule has 0 bridgehead atoms. The molecule has 1 saturated heterocycles. The van der Waals surface area contributed by atoms with Gasteiger partial charge in [0.05, 0.1) is 6.54 Å². The molecule has 1 aromatic rings. The molecule has 6 heteroatoms. The summed E-state index contributed by atoms with van der Waals surface area (Å²) in [7, 11) is -0.909. The molecule has 1 aromatic carbocycles. The number of hydrogen-bond acceptors (Lipinski definition) is 3. The summed E-state index contributed by atoms with van der Waals surface area (Å²) in [5.74, 6) is 0.675. The van der Waals surface area contributed by atoms with Crippen LogP contribution < -0.4 is 5.32 Å². The van der Waals surface area contributed by atoms with Crippen LogP contribution in [0.5, 0.6) is 0 Å². The van der Waals surface area contributed by atoms with Gasteiger partial charge in [-0.1, -0.05) is 19.1 Å². The second-order valence-corrected chi connectivity index (χ2v) is 6.22. The third-order valence-electron chi connectivity index (χ3n) is 3.12. The lowest BCUT2D eigenvalue weighted by Crippen LogP contribution is -2.33. The standard InChI is InChI=1S/C13H17FN2O2S/c1-2-19(18)7-6-16-12(17)9-15-13(16)10-4-3-5-11(14)8-10/h3-5,8,13,15H,2,6-7,9H2,1H3. The Morgan fingerprint density at radius 3 is 3.00 bits per heavy atom. The average molecular weight is 284 g/mol. The Bertz CT molecular complexity index is 495. The lowest BCUT2D eigenvalue weighted by molar-refractivity contribution is -0.127. The first-order chi connectivity index (χ1) is 9.11. The van der Waals surface area contributed by atoms with Crippen molar-refractivity contribution in [2.75, 3.05) is 24.6 Å². The third-order valence-corrected chi connectivity index (χ3v) is 4.41. The average Bonchev–Trinajstić information content (AvgIpc) is 2.77. The van der Waals surface area contributed by atoms with E-state index in [4.69, 9.17) is 0 Å². The molecular formula is C13H17FN2O2S. The Labute approximate surface area is 114 Å². The monoisotopic (exact) mass is 284 g/mol. The summed E-state index contributed by atoms with van der Waals surface area (Å²) < 4.78 is 24.7. The molecule has 1 aliphatic rings. The zero-order chi connectivity index (χ0) is 13.8. The van der Waals surface area contributed by atoms with Gasteiger partial charge < -0.3 is 4.90 Å². The van der Waals surface area contributed by atoms with E-state index in [1.807, 2.05) is 6.92 Å². The molecule has 0 aromatic heterocycles. The minimum atomic E-state index is -0.909. The van der Waals surface area contributed by atoms with Gasteiger partial charge in [0.25, 0.3) is 0 Å². The van der Waals surface area contributed by atoms with Crippen molar-refractivity contribution >= 4 is 16.7 Å². The predicted molar refractivity (Wildman–Crippen MR) is 72.4 cm³/mol. The Kier molecular flexibility index (Phi) is 4.66. The summed E-state index contributed by atoms with van der Waals surface area (Å²) in [6.45, 7) is 2.51. The maximum atomic E-state index is 13.2. The summed E-state index contributed by atoms with van der Waals surface area (Å²) in [6.07, 6.45) is -0.322. The van der Waals surface area contributed by atoms with E-state index >= 15 is 0 Å². The molecule has 104 valence electrons. The van der Waals surface area contributed by atoms with Crippen LogP contribution in [-0.4, -0.2) is 39.6 Å². The van der Waals surface area contributed by atoms with Crippen molar-refractivity contribution in [2.24, 2.45) is 0 Å². The molecule has 2 atom stereocenters. The lowest BCUT2D eigenvalue weighted by atomic mass is 10.1. The van der Waals surface area contributed by atoms with E-state index in [9.17, 15) is 13.4 Å². The topological polar surface area (TPSA) is 49.4 Å². The fraction of sp³-hybridized carbons (Fsp3) is 0.462. The van der Waals surface area contributed by atoms with Crippen LogP contribution in [0.3, 0.4) is 0 Å². The highest BCUT2D eigenvalue weighted by Crippen LogP contribution is 2.22. The SMILES string of the molecule is CCS(=O)CCN1C(=O)CNC1c1cccc(F)c1. The molecule has 0 radical (unpaired) electrons. The fourth-order valence-electron chi connectivity index (χ4n) is 2.11. The van der Waals surface area contributed by atoms with E-state index in [0.717, 1.165) is 0 Å². The van der Waals surface area contributed by atoms with Crippen molar-refractivity contribution in [1.29, 1.82) is 0 Å². The van der Waals surface area contributed by atoms with Gasteiger partial charge >= 0.3 is 0 Å². The van der Waals surface area contributed by atoms with Crippen LogP contribution >= 0.6 is 0 Å². The highest BCUT2D eigenvalue weighted by molar-refractivity contribution is 7.84. The molecule has 1 heterocycles. The van der Waals surface area contributed by atoms with Crippen LogP contribution in [0, 0.1) is 5.82 Å². The van der Waals surface area contributed by atoms with Gasteiger partial charge in [0.15, 0.2) is 0 Å². The van der Waals surface area contributed by atoms with Gasteiger partial charge in [-0.05, 0) is 17.7 Å². The number of halogens is 1. The quantitative estimate of drug-likeness (QED) is 0.878. The summed E-state index contributed by atoms with van der Waals surface area (Å²) in [4.78, 5) is 13.4. The van der Waals surface area contributed by atoms with Gasteiger partial charge in [0, 0.05) is 28.9 Å². The van der Waals surface area contributed by atoms with E-state index in [1.54, 1.807) is 17.0 Å². The molecule has 1 amide bonds. The molecule has 0 spiro atoms. The maximum absolute atomic E-state index is 13.2. The van der Waals surface area contributed by atoms with Crippen LogP contribution in [-0.2, 0) is 15.6 Å². The third kappa shape index (κ3) is 3.39. The molecule has 2 rings (SSSR count). The predicted octanol–water partition coefficient (Wildman–Crippen LogP) is 1.02. The molecule has 0 aliphatic carbocycles.